The van der Waals surface area contributed by atoms with E-state index in [2.05, 4.69) is 69.5 Å². The second-order valence-electron chi connectivity index (χ2n) is 11.0. The first kappa shape index (κ1) is 23.9. The molecule has 0 aliphatic carbocycles. The van der Waals surface area contributed by atoms with Gasteiger partial charge in [-0.05, 0) is 73.5 Å². The molecule has 0 radical (unpaired) electrons. The summed E-state index contributed by atoms with van der Waals surface area (Å²) in [6, 6.07) is 25.1. The highest BCUT2D eigenvalue weighted by atomic mass is 16.1. The highest BCUT2D eigenvalue weighted by Gasteiger charge is 2.39. The molecule has 2 aliphatic heterocycles. The number of benzene rings is 3. The zero-order valence-electron chi connectivity index (χ0n) is 21.4. The van der Waals surface area contributed by atoms with Gasteiger partial charge in [0.15, 0.2) is 0 Å². The minimum atomic E-state index is -0.452. The first-order valence-corrected chi connectivity index (χ1v) is 13.4. The Kier molecular flexibility index (Phi) is 6.53. The molecule has 0 saturated carbocycles. The fourth-order valence-corrected chi connectivity index (χ4v) is 6.45. The van der Waals surface area contributed by atoms with Crippen molar-refractivity contribution in [3.05, 3.63) is 95.7 Å². The topological polar surface area (TPSA) is 67.4 Å². The van der Waals surface area contributed by atoms with Gasteiger partial charge >= 0.3 is 0 Å². The molecule has 4 aromatic rings. The van der Waals surface area contributed by atoms with Crippen LogP contribution in [0.5, 0.6) is 0 Å². The normalized spacial score (nSPS) is 21.0. The number of hydrogen-bond donors (Lipinski definition) is 1. The van der Waals surface area contributed by atoms with E-state index in [0.717, 1.165) is 24.2 Å². The predicted molar refractivity (Wildman–Crippen MR) is 147 cm³/mol. The van der Waals surface area contributed by atoms with Gasteiger partial charge in [0, 0.05) is 37.8 Å². The highest BCUT2D eigenvalue weighted by molar-refractivity contribution is 6.04. The maximum atomic E-state index is 11.8. The molecular weight excluding hydrogens is 458 g/mol. The number of hydrogen-bond acceptors (Lipinski definition) is 4. The second kappa shape index (κ2) is 10.1. The third kappa shape index (κ3) is 5.17. The molecule has 2 N–H and O–H groups in total. The minimum absolute atomic E-state index is 0.415. The average Bonchev–Trinajstić information content (AvgIpc) is 3.34. The van der Waals surface area contributed by atoms with Crippen molar-refractivity contribution in [3.8, 4) is 5.69 Å². The largest absolute Gasteiger partial charge is 0.366 e. The highest BCUT2D eigenvalue weighted by Crippen LogP contribution is 2.39. The van der Waals surface area contributed by atoms with Crippen LogP contribution in [0.4, 0.5) is 0 Å². The van der Waals surface area contributed by atoms with Crippen molar-refractivity contribution in [1.82, 2.24) is 19.6 Å². The Bertz CT molecular complexity index is 1380. The lowest BCUT2D eigenvalue weighted by Gasteiger charge is -2.48. The van der Waals surface area contributed by atoms with Gasteiger partial charge in [-0.3, -0.25) is 14.6 Å². The molecule has 6 heteroatoms. The summed E-state index contributed by atoms with van der Waals surface area (Å²) in [5.41, 5.74) is 10.8. The summed E-state index contributed by atoms with van der Waals surface area (Å²) in [6.45, 7) is 6.81. The summed E-state index contributed by atoms with van der Waals surface area (Å²) >= 11 is 0. The third-order valence-corrected chi connectivity index (χ3v) is 8.14. The Hall–Kier alpha value is -3.48. The van der Waals surface area contributed by atoms with Crippen molar-refractivity contribution >= 4 is 16.8 Å². The molecule has 0 bridgehead atoms. The van der Waals surface area contributed by atoms with Crippen molar-refractivity contribution in [2.45, 2.75) is 38.8 Å². The summed E-state index contributed by atoms with van der Waals surface area (Å²) in [7, 11) is 0. The molecule has 190 valence electrons. The summed E-state index contributed by atoms with van der Waals surface area (Å²) in [5, 5.41) is 5.55. The van der Waals surface area contributed by atoms with E-state index in [1.807, 2.05) is 23.0 Å². The van der Waals surface area contributed by atoms with Gasteiger partial charge in [-0.25, -0.2) is 4.68 Å². The maximum absolute atomic E-state index is 11.8. The molecule has 2 saturated heterocycles. The van der Waals surface area contributed by atoms with E-state index in [9.17, 15) is 4.79 Å². The molecule has 1 unspecified atom stereocenters. The van der Waals surface area contributed by atoms with Gasteiger partial charge in [-0.15, -0.1) is 0 Å². The Balaban J connectivity index is 1.12. The molecule has 1 spiro atoms. The molecule has 37 heavy (non-hydrogen) atoms. The van der Waals surface area contributed by atoms with Crippen LogP contribution in [0, 0.1) is 5.41 Å². The Labute approximate surface area is 218 Å². The quantitative estimate of drug-likeness (QED) is 0.410. The van der Waals surface area contributed by atoms with E-state index in [0.29, 0.717) is 16.5 Å². The molecule has 6 rings (SSSR count). The zero-order chi connectivity index (χ0) is 25.2. The second-order valence-corrected chi connectivity index (χ2v) is 11.0. The smallest absolute Gasteiger partial charge is 0.250 e. The fraction of sp³-hybridized carbons (Fsp3) is 0.355. The number of likely N-dealkylation sites (tertiary alicyclic amines) is 2. The van der Waals surface area contributed by atoms with Crippen molar-refractivity contribution in [2.24, 2.45) is 11.1 Å². The number of carbonyl (C=O) groups excluding carboxylic acids is 1. The van der Waals surface area contributed by atoms with Gasteiger partial charge in [0.25, 0.3) is 5.91 Å². The van der Waals surface area contributed by atoms with Gasteiger partial charge in [-0.1, -0.05) is 54.6 Å². The van der Waals surface area contributed by atoms with Crippen LogP contribution < -0.4 is 5.73 Å². The number of nitrogens with zero attached hydrogens (tertiary/aromatic N) is 4. The van der Waals surface area contributed by atoms with Crippen molar-refractivity contribution in [1.29, 1.82) is 0 Å². The zero-order valence-corrected chi connectivity index (χ0v) is 21.4. The molecule has 3 heterocycles. The van der Waals surface area contributed by atoms with Crippen LogP contribution in [0.25, 0.3) is 16.6 Å². The lowest BCUT2D eigenvalue weighted by molar-refractivity contribution is 0.00775. The SMILES string of the molecule is NC(=O)c1cccc2cn(-c3ccc(CN4CCCC5(CCCN(Cc6ccccc6)C5)C4)cc3)nc12. The molecule has 2 fully saturated rings. The van der Waals surface area contributed by atoms with Crippen molar-refractivity contribution < 1.29 is 4.79 Å². The molecule has 2 aliphatic rings. The molecule has 1 amide bonds. The average molecular weight is 494 g/mol. The summed E-state index contributed by atoms with van der Waals surface area (Å²) in [5.74, 6) is -0.452. The Morgan fingerprint density at radius 3 is 2.11 bits per heavy atom. The number of primary amides is 1. The Morgan fingerprint density at radius 1 is 0.811 bits per heavy atom. The van der Waals surface area contributed by atoms with E-state index in [1.165, 1.54) is 63.0 Å². The fourth-order valence-electron chi connectivity index (χ4n) is 6.45. The molecule has 1 atom stereocenters. The van der Waals surface area contributed by atoms with Crippen molar-refractivity contribution in [3.63, 3.8) is 0 Å². The first-order valence-electron chi connectivity index (χ1n) is 13.4. The van der Waals surface area contributed by atoms with Crippen LogP contribution in [0.1, 0.15) is 47.2 Å². The van der Waals surface area contributed by atoms with Gasteiger partial charge in [0.2, 0.25) is 0 Å². The van der Waals surface area contributed by atoms with Gasteiger partial charge in [-0.2, -0.15) is 5.10 Å². The van der Waals surface area contributed by atoms with E-state index in [-0.39, 0.29) is 0 Å². The Morgan fingerprint density at radius 2 is 1.46 bits per heavy atom. The predicted octanol–water partition coefficient (Wildman–Crippen LogP) is 5.00. The maximum Gasteiger partial charge on any atom is 0.250 e. The monoisotopic (exact) mass is 493 g/mol. The van der Waals surface area contributed by atoms with Gasteiger partial charge in [0.1, 0.15) is 5.52 Å². The van der Waals surface area contributed by atoms with Gasteiger partial charge in [0.05, 0.1) is 11.3 Å². The van der Waals surface area contributed by atoms with Crippen LogP contribution in [-0.4, -0.2) is 51.7 Å². The lowest BCUT2D eigenvalue weighted by Crippen LogP contribution is -2.51. The standard InChI is InChI=1S/C31H35N5O/c32-30(37)28-10-4-9-26-21-36(33-29(26)28)27-13-11-25(12-14-27)20-35-18-6-16-31(23-35)15-5-17-34(22-31)19-24-7-2-1-3-8-24/h1-4,7-14,21H,5-6,15-20,22-23H2,(H2,32,37). The molecular formula is C31H35N5O. The number of rotatable bonds is 6. The number of aromatic nitrogens is 2. The summed E-state index contributed by atoms with van der Waals surface area (Å²) in [6.07, 6.45) is 7.21. The van der Waals surface area contributed by atoms with Crippen LogP contribution in [-0.2, 0) is 13.1 Å². The molecule has 6 nitrogen and oxygen atoms in total. The minimum Gasteiger partial charge on any atom is -0.366 e. The van der Waals surface area contributed by atoms with Crippen LogP contribution in [0.3, 0.4) is 0 Å². The first-order chi connectivity index (χ1) is 18.1. The van der Waals surface area contributed by atoms with Crippen molar-refractivity contribution in [2.75, 3.05) is 26.2 Å². The van der Waals surface area contributed by atoms with E-state index < -0.39 is 5.91 Å². The van der Waals surface area contributed by atoms with E-state index in [1.54, 1.807) is 6.07 Å². The van der Waals surface area contributed by atoms with Crippen LogP contribution >= 0.6 is 0 Å². The van der Waals surface area contributed by atoms with E-state index in [4.69, 9.17) is 5.73 Å². The van der Waals surface area contributed by atoms with Crippen LogP contribution in [0.2, 0.25) is 0 Å². The summed E-state index contributed by atoms with van der Waals surface area (Å²) in [4.78, 5) is 17.1. The number of nitrogens with two attached hydrogens (primary N) is 1. The van der Waals surface area contributed by atoms with Gasteiger partial charge < -0.3 is 5.73 Å². The molecule has 3 aromatic carbocycles. The van der Waals surface area contributed by atoms with E-state index >= 15 is 0 Å². The number of piperidine rings is 2. The molecule has 1 aromatic heterocycles. The number of fused-ring (bicyclic) bond motifs is 1. The number of amides is 1. The lowest BCUT2D eigenvalue weighted by atomic mass is 9.73. The van der Waals surface area contributed by atoms with Crippen LogP contribution in [0.15, 0.2) is 79.0 Å². The summed E-state index contributed by atoms with van der Waals surface area (Å²) < 4.78 is 1.83. The number of carbonyl (C=O) groups is 1. The third-order valence-electron chi connectivity index (χ3n) is 8.14.